The number of benzene rings is 1. The van der Waals surface area contributed by atoms with Crippen LogP contribution in [-0.2, 0) is 10.0 Å². The summed E-state index contributed by atoms with van der Waals surface area (Å²) in [7, 11) is -1.75. The van der Waals surface area contributed by atoms with E-state index in [-0.39, 0.29) is 5.91 Å². The van der Waals surface area contributed by atoms with Crippen molar-refractivity contribution in [3.63, 3.8) is 0 Å². The first-order valence-corrected chi connectivity index (χ1v) is 9.13. The molecule has 1 aliphatic heterocycles. The molecule has 1 aliphatic rings. The summed E-state index contributed by atoms with van der Waals surface area (Å²) in [6.45, 7) is 1.61. The van der Waals surface area contributed by atoms with Gasteiger partial charge < -0.3 is 9.64 Å². The van der Waals surface area contributed by atoms with Gasteiger partial charge in [-0.05, 0) is 24.6 Å². The average molecular weight is 347 g/mol. The molecule has 22 heavy (non-hydrogen) atoms. The van der Waals surface area contributed by atoms with Crippen molar-refractivity contribution >= 4 is 27.5 Å². The number of hydrogen-bond acceptors (Lipinski definition) is 4. The second-order valence-corrected chi connectivity index (χ2v) is 7.57. The summed E-state index contributed by atoms with van der Waals surface area (Å²) in [4.78, 5) is 14.3. The Morgan fingerprint density at radius 3 is 2.59 bits per heavy atom. The van der Waals surface area contributed by atoms with Crippen molar-refractivity contribution in [3.8, 4) is 5.75 Å². The Morgan fingerprint density at radius 1 is 1.23 bits per heavy atom. The molecule has 1 aromatic carbocycles. The van der Waals surface area contributed by atoms with Crippen molar-refractivity contribution in [3.05, 3.63) is 28.8 Å². The van der Waals surface area contributed by atoms with E-state index in [1.807, 2.05) is 0 Å². The molecule has 0 aromatic heterocycles. The monoisotopic (exact) mass is 346 g/mol. The van der Waals surface area contributed by atoms with E-state index in [0.29, 0.717) is 48.9 Å². The summed E-state index contributed by atoms with van der Waals surface area (Å²) in [5.41, 5.74) is 0.430. The predicted molar refractivity (Wildman–Crippen MR) is 84.9 cm³/mol. The predicted octanol–water partition coefficient (Wildman–Crippen LogP) is 1.46. The average Bonchev–Trinajstić information content (AvgIpc) is 2.72. The Hall–Kier alpha value is -1.31. The van der Waals surface area contributed by atoms with Crippen LogP contribution < -0.4 is 4.74 Å². The minimum atomic E-state index is -3.23. The molecule has 1 amide bonds. The van der Waals surface area contributed by atoms with Gasteiger partial charge in [-0.3, -0.25) is 4.79 Å². The van der Waals surface area contributed by atoms with Crippen LogP contribution in [0.2, 0.25) is 5.02 Å². The maximum absolute atomic E-state index is 12.6. The Balaban J connectivity index is 2.17. The molecule has 0 spiro atoms. The number of methoxy groups -OCH3 is 1. The molecule has 2 rings (SSSR count). The van der Waals surface area contributed by atoms with Gasteiger partial charge in [0.15, 0.2) is 0 Å². The topological polar surface area (TPSA) is 66.9 Å². The second-order valence-electron chi connectivity index (χ2n) is 5.15. The van der Waals surface area contributed by atoms with E-state index in [4.69, 9.17) is 16.3 Å². The van der Waals surface area contributed by atoms with Gasteiger partial charge in [0.1, 0.15) is 5.75 Å². The van der Waals surface area contributed by atoms with Crippen molar-refractivity contribution in [1.82, 2.24) is 9.21 Å². The molecule has 0 aliphatic carbocycles. The summed E-state index contributed by atoms with van der Waals surface area (Å²) < 4.78 is 29.8. The van der Waals surface area contributed by atoms with E-state index < -0.39 is 10.0 Å². The van der Waals surface area contributed by atoms with Gasteiger partial charge >= 0.3 is 0 Å². The smallest absolute Gasteiger partial charge is 0.257 e. The quantitative estimate of drug-likeness (QED) is 0.831. The zero-order valence-corrected chi connectivity index (χ0v) is 14.2. The SMILES string of the molecule is COc1cc(Cl)ccc1C(=O)N1CCCN(S(C)(=O)=O)CC1. The molecular formula is C14H19ClN2O4S. The number of carbonyl (C=O) groups excluding carboxylic acids is 1. The Labute approximate surface area is 135 Å². The van der Waals surface area contributed by atoms with Crippen LogP contribution in [0.1, 0.15) is 16.8 Å². The van der Waals surface area contributed by atoms with E-state index >= 15 is 0 Å². The lowest BCUT2D eigenvalue weighted by molar-refractivity contribution is 0.0761. The first kappa shape index (κ1) is 17.1. The third kappa shape index (κ3) is 3.91. The van der Waals surface area contributed by atoms with E-state index in [1.54, 1.807) is 23.1 Å². The highest BCUT2D eigenvalue weighted by molar-refractivity contribution is 7.88. The zero-order chi connectivity index (χ0) is 16.3. The van der Waals surface area contributed by atoms with Crippen molar-refractivity contribution in [1.29, 1.82) is 0 Å². The molecule has 0 radical (unpaired) electrons. The van der Waals surface area contributed by atoms with Crippen LogP contribution in [-0.4, -0.2) is 63.1 Å². The van der Waals surface area contributed by atoms with E-state index in [9.17, 15) is 13.2 Å². The van der Waals surface area contributed by atoms with Gasteiger partial charge in [0, 0.05) is 31.2 Å². The summed E-state index contributed by atoms with van der Waals surface area (Å²) in [6.07, 6.45) is 1.79. The molecule has 1 aromatic rings. The zero-order valence-electron chi connectivity index (χ0n) is 12.6. The third-order valence-corrected chi connectivity index (χ3v) is 5.14. The lowest BCUT2D eigenvalue weighted by Crippen LogP contribution is -2.37. The lowest BCUT2D eigenvalue weighted by Gasteiger charge is -2.22. The van der Waals surface area contributed by atoms with Gasteiger partial charge in [-0.25, -0.2) is 12.7 Å². The van der Waals surface area contributed by atoms with Gasteiger partial charge in [-0.1, -0.05) is 11.6 Å². The Kier molecular flexibility index (Phi) is 5.31. The van der Waals surface area contributed by atoms with Crippen molar-refractivity contribution in [2.24, 2.45) is 0 Å². The third-order valence-electron chi connectivity index (χ3n) is 3.61. The molecule has 0 bridgehead atoms. The standard InChI is InChI=1S/C14H19ClN2O4S/c1-21-13-10-11(15)4-5-12(13)14(18)16-6-3-7-17(9-8-16)22(2,19)20/h4-5,10H,3,6-9H2,1-2H3. The minimum Gasteiger partial charge on any atom is -0.496 e. The number of amides is 1. The first-order valence-electron chi connectivity index (χ1n) is 6.91. The largest absolute Gasteiger partial charge is 0.496 e. The fourth-order valence-electron chi connectivity index (χ4n) is 2.44. The summed E-state index contributed by atoms with van der Waals surface area (Å²) in [5, 5.41) is 0.493. The summed E-state index contributed by atoms with van der Waals surface area (Å²) in [6, 6.07) is 4.86. The molecule has 6 nitrogen and oxygen atoms in total. The number of halogens is 1. The van der Waals surface area contributed by atoms with Crippen molar-refractivity contribution < 1.29 is 17.9 Å². The molecule has 1 fully saturated rings. The van der Waals surface area contributed by atoms with Crippen molar-refractivity contribution in [2.75, 3.05) is 39.5 Å². The van der Waals surface area contributed by atoms with E-state index in [1.165, 1.54) is 17.7 Å². The molecule has 0 unspecified atom stereocenters. The second kappa shape index (κ2) is 6.85. The highest BCUT2D eigenvalue weighted by Gasteiger charge is 2.25. The molecule has 1 saturated heterocycles. The summed E-state index contributed by atoms with van der Waals surface area (Å²) in [5.74, 6) is 0.241. The van der Waals surface area contributed by atoms with Crippen LogP contribution in [0, 0.1) is 0 Å². The highest BCUT2D eigenvalue weighted by atomic mass is 35.5. The highest BCUT2D eigenvalue weighted by Crippen LogP contribution is 2.25. The van der Waals surface area contributed by atoms with Gasteiger partial charge in [-0.2, -0.15) is 0 Å². The Bertz CT molecular complexity index is 663. The normalized spacial score (nSPS) is 17.1. The molecule has 8 heteroatoms. The number of ether oxygens (including phenoxy) is 1. The van der Waals surface area contributed by atoms with Crippen LogP contribution >= 0.6 is 11.6 Å². The maximum Gasteiger partial charge on any atom is 0.257 e. The molecule has 0 saturated carbocycles. The number of hydrogen-bond donors (Lipinski definition) is 0. The molecular weight excluding hydrogens is 328 g/mol. The van der Waals surface area contributed by atoms with Crippen molar-refractivity contribution in [2.45, 2.75) is 6.42 Å². The van der Waals surface area contributed by atoms with Crippen LogP contribution in [0.4, 0.5) is 0 Å². The number of sulfonamides is 1. The first-order chi connectivity index (χ1) is 10.3. The van der Waals surface area contributed by atoms with E-state index in [0.717, 1.165) is 0 Å². The lowest BCUT2D eigenvalue weighted by atomic mass is 10.1. The van der Waals surface area contributed by atoms with Crippen LogP contribution in [0.15, 0.2) is 18.2 Å². The minimum absolute atomic E-state index is 0.177. The number of carbonyl (C=O) groups is 1. The molecule has 0 atom stereocenters. The molecule has 1 heterocycles. The fourth-order valence-corrected chi connectivity index (χ4v) is 3.48. The number of rotatable bonds is 3. The van der Waals surface area contributed by atoms with Gasteiger partial charge in [-0.15, -0.1) is 0 Å². The van der Waals surface area contributed by atoms with Crippen LogP contribution in [0.25, 0.3) is 0 Å². The summed E-state index contributed by atoms with van der Waals surface area (Å²) >= 11 is 5.90. The maximum atomic E-state index is 12.6. The molecule has 122 valence electrons. The fraction of sp³-hybridized carbons (Fsp3) is 0.500. The van der Waals surface area contributed by atoms with E-state index in [2.05, 4.69) is 0 Å². The molecule has 0 N–H and O–H groups in total. The number of nitrogens with zero attached hydrogens (tertiary/aromatic N) is 2. The van der Waals surface area contributed by atoms with Gasteiger partial charge in [0.25, 0.3) is 5.91 Å². The van der Waals surface area contributed by atoms with Crippen LogP contribution in [0.5, 0.6) is 5.75 Å². The van der Waals surface area contributed by atoms with Gasteiger partial charge in [0.2, 0.25) is 10.0 Å². The Morgan fingerprint density at radius 2 is 1.95 bits per heavy atom. The van der Waals surface area contributed by atoms with Crippen LogP contribution in [0.3, 0.4) is 0 Å². The van der Waals surface area contributed by atoms with Gasteiger partial charge in [0.05, 0.1) is 18.9 Å².